The highest BCUT2D eigenvalue weighted by Crippen LogP contribution is 2.29. The fourth-order valence-electron chi connectivity index (χ4n) is 2.64. The summed E-state index contributed by atoms with van der Waals surface area (Å²) < 4.78 is 37.8. The predicted octanol–water partition coefficient (Wildman–Crippen LogP) is 3.28. The van der Waals surface area contributed by atoms with Gasteiger partial charge in [0.1, 0.15) is 0 Å². The molecular weight excluding hydrogens is 265 g/mol. The molecule has 1 saturated heterocycles. The van der Waals surface area contributed by atoms with Crippen molar-refractivity contribution in [2.75, 3.05) is 20.1 Å². The molecule has 0 amide bonds. The fraction of sp³-hybridized carbons (Fsp3) is 0.600. The maximum absolute atomic E-state index is 12.6. The van der Waals surface area contributed by atoms with Crippen molar-refractivity contribution in [1.29, 1.82) is 0 Å². The van der Waals surface area contributed by atoms with Crippen LogP contribution in [0, 0.1) is 0 Å². The predicted molar refractivity (Wildman–Crippen MR) is 73.4 cm³/mol. The van der Waals surface area contributed by atoms with E-state index in [1.807, 2.05) is 0 Å². The lowest BCUT2D eigenvalue weighted by Crippen LogP contribution is -2.42. The van der Waals surface area contributed by atoms with Crippen LogP contribution in [-0.2, 0) is 12.7 Å². The summed E-state index contributed by atoms with van der Waals surface area (Å²) in [6.07, 6.45) is -0.632. The standard InChI is InChI=1S/C15H21F3N2/c1-20-8-3-2-7-14(20)11-19-10-12-5-4-6-13(9-12)15(16,17)18/h4-6,9,14,19H,2-3,7-8,10-11H2,1H3. The van der Waals surface area contributed by atoms with Crippen LogP contribution < -0.4 is 5.32 Å². The van der Waals surface area contributed by atoms with Gasteiger partial charge in [0.25, 0.3) is 0 Å². The van der Waals surface area contributed by atoms with E-state index in [0.717, 1.165) is 25.6 Å². The minimum atomic E-state index is -4.26. The molecule has 0 aromatic heterocycles. The molecule has 5 heteroatoms. The van der Waals surface area contributed by atoms with Gasteiger partial charge in [0.15, 0.2) is 0 Å². The minimum absolute atomic E-state index is 0.480. The first-order valence-electron chi connectivity index (χ1n) is 7.04. The number of nitrogens with zero attached hydrogens (tertiary/aromatic N) is 1. The first kappa shape index (κ1) is 15.3. The van der Waals surface area contributed by atoms with Crippen LogP contribution in [0.5, 0.6) is 0 Å². The number of likely N-dealkylation sites (N-methyl/N-ethyl adjacent to an activating group) is 1. The Labute approximate surface area is 118 Å². The third-order valence-corrected chi connectivity index (χ3v) is 3.88. The number of nitrogens with one attached hydrogen (secondary N) is 1. The first-order chi connectivity index (χ1) is 9.47. The van der Waals surface area contributed by atoms with Crippen molar-refractivity contribution >= 4 is 0 Å². The SMILES string of the molecule is CN1CCCCC1CNCc1cccc(C(F)(F)F)c1. The highest BCUT2D eigenvalue weighted by atomic mass is 19.4. The monoisotopic (exact) mass is 286 g/mol. The van der Waals surface area contributed by atoms with E-state index >= 15 is 0 Å². The van der Waals surface area contributed by atoms with E-state index in [2.05, 4.69) is 17.3 Å². The highest BCUT2D eigenvalue weighted by Gasteiger charge is 2.30. The van der Waals surface area contributed by atoms with Crippen molar-refractivity contribution in [1.82, 2.24) is 10.2 Å². The Morgan fingerprint density at radius 3 is 2.80 bits per heavy atom. The number of halogens is 3. The number of likely N-dealkylation sites (tertiary alicyclic amines) is 1. The zero-order valence-corrected chi connectivity index (χ0v) is 11.7. The van der Waals surface area contributed by atoms with Gasteiger partial charge < -0.3 is 10.2 Å². The maximum atomic E-state index is 12.6. The van der Waals surface area contributed by atoms with E-state index in [1.54, 1.807) is 6.07 Å². The van der Waals surface area contributed by atoms with Crippen LogP contribution in [0.4, 0.5) is 13.2 Å². The third kappa shape index (κ3) is 4.21. The Morgan fingerprint density at radius 2 is 2.10 bits per heavy atom. The highest BCUT2D eigenvalue weighted by molar-refractivity contribution is 5.25. The molecule has 1 aromatic carbocycles. The van der Waals surface area contributed by atoms with E-state index in [0.29, 0.717) is 18.2 Å². The number of alkyl halides is 3. The van der Waals surface area contributed by atoms with Gasteiger partial charge in [-0.3, -0.25) is 0 Å². The largest absolute Gasteiger partial charge is 0.416 e. The average molecular weight is 286 g/mol. The van der Waals surface area contributed by atoms with Crippen LogP contribution in [0.25, 0.3) is 0 Å². The van der Waals surface area contributed by atoms with E-state index < -0.39 is 11.7 Å². The number of rotatable bonds is 4. The van der Waals surface area contributed by atoms with Gasteiger partial charge in [-0.15, -0.1) is 0 Å². The first-order valence-corrected chi connectivity index (χ1v) is 7.04. The second-order valence-electron chi connectivity index (χ2n) is 5.46. The molecule has 0 radical (unpaired) electrons. The second kappa shape index (κ2) is 6.59. The molecule has 0 spiro atoms. The third-order valence-electron chi connectivity index (χ3n) is 3.88. The summed E-state index contributed by atoms with van der Waals surface area (Å²) in [5, 5.41) is 3.27. The molecule has 1 aliphatic heterocycles. The molecule has 20 heavy (non-hydrogen) atoms. The number of benzene rings is 1. The number of hydrogen-bond donors (Lipinski definition) is 1. The Kier molecular flexibility index (Phi) is 5.05. The molecule has 1 aliphatic rings. The lowest BCUT2D eigenvalue weighted by molar-refractivity contribution is -0.137. The van der Waals surface area contributed by atoms with Crippen molar-refractivity contribution in [3.05, 3.63) is 35.4 Å². The molecule has 0 aliphatic carbocycles. The van der Waals surface area contributed by atoms with Gasteiger partial charge in [-0.1, -0.05) is 24.6 Å². The Hall–Kier alpha value is -1.07. The van der Waals surface area contributed by atoms with Crippen LogP contribution in [-0.4, -0.2) is 31.1 Å². The van der Waals surface area contributed by atoms with Gasteiger partial charge in [-0.25, -0.2) is 0 Å². The molecule has 1 N–H and O–H groups in total. The fourth-order valence-corrected chi connectivity index (χ4v) is 2.64. The van der Waals surface area contributed by atoms with Crippen molar-refractivity contribution in [2.45, 2.75) is 38.0 Å². The molecule has 1 unspecified atom stereocenters. The zero-order valence-electron chi connectivity index (χ0n) is 11.7. The van der Waals surface area contributed by atoms with Gasteiger partial charge in [-0.2, -0.15) is 13.2 Å². The maximum Gasteiger partial charge on any atom is 0.416 e. The molecule has 1 fully saturated rings. The van der Waals surface area contributed by atoms with Crippen molar-refractivity contribution < 1.29 is 13.2 Å². The van der Waals surface area contributed by atoms with E-state index in [4.69, 9.17) is 0 Å². The van der Waals surface area contributed by atoms with Gasteiger partial charge in [0.2, 0.25) is 0 Å². The summed E-state index contributed by atoms with van der Waals surface area (Å²) >= 11 is 0. The molecule has 1 aromatic rings. The molecule has 1 heterocycles. The summed E-state index contributed by atoms with van der Waals surface area (Å²) in [5.74, 6) is 0. The van der Waals surface area contributed by atoms with Gasteiger partial charge >= 0.3 is 6.18 Å². The van der Waals surface area contributed by atoms with Crippen molar-refractivity contribution in [3.8, 4) is 0 Å². The van der Waals surface area contributed by atoms with Crippen molar-refractivity contribution in [2.24, 2.45) is 0 Å². The normalized spacial score (nSPS) is 21.1. The zero-order chi connectivity index (χ0) is 14.6. The summed E-state index contributed by atoms with van der Waals surface area (Å²) in [6, 6.07) is 6.02. The van der Waals surface area contributed by atoms with E-state index in [-0.39, 0.29) is 0 Å². The Balaban J connectivity index is 1.85. The molecule has 1 atom stereocenters. The smallest absolute Gasteiger partial charge is 0.311 e. The quantitative estimate of drug-likeness (QED) is 0.914. The van der Waals surface area contributed by atoms with Crippen molar-refractivity contribution in [3.63, 3.8) is 0 Å². The summed E-state index contributed by atoms with van der Waals surface area (Å²) in [6.45, 7) is 2.41. The number of hydrogen-bond acceptors (Lipinski definition) is 2. The minimum Gasteiger partial charge on any atom is -0.311 e. The summed E-state index contributed by atoms with van der Waals surface area (Å²) in [4.78, 5) is 2.32. The van der Waals surface area contributed by atoms with Crippen LogP contribution in [0.1, 0.15) is 30.4 Å². The van der Waals surface area contributed by atoms with E-state index in [1.165, 1.54) is 25.0 Å². The molecule has 0 saturated carbocycles. The van der Waals surface area contributed by atoms with Gasteiger partial charge in [0.05, 0.1) is 5.56 Å². The Morgan fingerprint density at radius 1 is 1.30 bits per heavy atom. The number of piperidine rings is 1. The van der Waals surface area contributed by atoms with Crippen LogP contribution in [0.2, 0.25) is 0 Å². The average Bonchev–Trinajstić information content (AvgIpc) is 2.40. The van der Waals surface area contributed by atoms with Gasteiger partial charge in [0, 0.05) is 19.1 Å². The van der Waals surface area contributed by atoms with Crippen LogP contribution in [0.15, 0.2) is 24.3 Å². The molecule has 112 valence electrons. The topological polar surface area (TPSA) is 15.3 Å². The molecular formula is C15H21F3N2. The Bertz CT molecular complexity index is 431. The summed E-state index contributed by atoms with van der Waals surface area (Å²) in [7, 11) is 2.11. The van der Waals surface area contributed by atoms with E-state index in [9.17, 15) is 13.2 Å². The molecule has 0 bridgehead atoms. The lowest BCUT2D eigenvalue weighted by atomic mass is 10.0. The second-order valence-corrected chi connectivity index (χ2v) is 5.46. The lowest BCUT2D eigenvalue weighted by Gasteiger charge is -2.32. The van der Waals surface area contributed by atoms with Crippen LogP contribution in [0.3, 0.4) is 0 Å². The van der Waals surface area contributed by atoms with Gasteiger partial charge in [-0.05, 0) is 38.1 Å². The summed E-state index contributed by atoms with van der Waals surface area (Å²) in [5.41, 5.74) is 0.102. The molecule has 2 nitrogen and oxygen atoms in total. The van der Waals surface area contributed by atoms with Crippen LogP contribution >= 0.6 is 0 Å². The molecule has 2 rings (SSSR count).